The second-order valence-electron chi connectivity index (χ2n) is 7.17. The highest BCUT2D eigenvalue weighted by Gasteiger charge is 2.27. The Balaban J connectivity index is 1.79. The van der Waals surface area contributed by atoms with Crippen molar-refractivity contribution < 1.29 is 17.9 Å². The summed E-state index contributed by atoms with van der Waals surface area (Å²) in [6.07, 6.45) is 5.18. The molecule has 0 spiro atoms. The van der Waals surface area contributed by atoms with Crippen molar-refractivity contribution in [1.82, 2.24) is 0 Å². The van der Waals surface area contributed by atoms with Gasteiger partial charge in [-0.2, -0.15) is 0 Å². The molecule has 0 amide bonds. The molecule has 0 N–H and O–H groups in total. The first-order chi connectivity index (χ1) is 12.5. The monoisotopic (exact) mass is 362 g/mol. The standard InChI is InChI=1S/C22H25F3O/c1-3-4-5-17-9-8-16(13-26-17)19-11-10-18(21(24)22(19)25)15-7-6-14(2)20(23)12-15/h6-7,10-12,16-17H,3-5,8-9,13H2,1-2H3. The van der Waals surface area contributed by atoms with Gasteiger partial charge in [-0.1, -0.05) is 44.0 Å². The Bertz CT molecular complexity index is 764. The lowest BCUT2D eigenvalue weighted by molar-refractivity contribution is -0.00258. The van der Waals surface area contributed by atoms with Crippen LogP contribution in [-0.2, 0) is 4.74 Å². The Labute approximate surface area is 153 Å². The number of aryl methyl sites for hydroxylation is 1. The van der Waals surface area contributed by atoms with Gasteiger partial charge in [0.1, 0.15) is 5.82 Å². The normalized spacial score (nSPS) is 20.3. The predicted molar refractivity (Wildman–Crippen MR) is 97.7 cm³/mol. The molecule has 1 aliphatic heterocycles. The molecular weight excluding hydrogens is 337 g/mol. The minimum atomic E-state index is -0.918. The highest BCUT2D eigenvalue weighted by atomic mass is 19.2. The second-order valence-corrected chi connectivity index (χ2v) is 7.17. The number of rotatable bonds is 5. The van der Waals surface area contributed by atoms with Gasteiger partial charge in [0.25, 0.3) is 0 Å². The molecule has 3 rings (SSSR count). The third-order valence-electron chi connectivity index (χ3n) is 5.28. The fraction of sp³-hybridized carbons (Fsp3) is 0.455. The van der Waals surface area contributed by atoms with Gasteiger partial charge in [0, 0.05) is 11.5 Å². The molecule has 2 atom stereocenters. The summed E-state index contributed by atoms with van der Waals surface area (Å²) in [4.78, 5) is 0. The first-order valence-corrected chi connectivity index (χ1v) is 9.37. The summed E-state index contributed by atoms with van der Waals surface area (Å²) in [5, 5.41) is 0. The Morgan fingerprint density at radius 3 is 2.50 bits per heavy atom. The number of halogens is 3. The largest absolute Gasteiger partial charge is 0.378 e. The van der Waals surface area contributed by atoms with Crippen LogP contribution in [0.25, 0.3) is 11.1 Å². The summed E-state index contributed by atoms with van der Waals surface area (Å²) in [6.45, 7) is 4.20. The molecule has 1 nitrogen and oxygen atoms in total. The average molecular weight is 362 g/mol. The first-order valence-electron chi connectivity index (χ1n) is 9.37. The van der Waals surface area contributed by atoms with E-state index in [1.807, 2.05) is 0 Å². The van der Waals surface area contributed by atoms with E-state index in [1.165, 1.54) is 6.07 Å². The Hall–Kier alpha value is -1.81. The quantitative estimate of drug-likeness (QED) is 0.587. The zero-order valence-electron chi connectivity index (χ0n) is 15.3. The lowest BCUT2D eigenvalue weighted by Gasteiger charge is -2.29. The van der Waals surface area contributed by atoms with Crippen LogP contribution in [0.4, 0.5) is 13.2 Å². The van der Waals surface area contributed by atoms with Gasteiger partial charge in [-0.05, 0) is 48.9 Å². The van der Waals surface area contributed by atoms with E-state index < -0.39 is 17.5 Å². The molecule has 2 unspecified atom stereocenters. The molecule has 1 heterocycles. The molecule has 4 heteroatoms. The molecule has 0 aliphatic carbocycles. The summed E-state index contributed by atoms with van der Waals surface area (Å²) in [5.41, 5.74) is 1.26. The average Bonchev–Trinajstić information content (AvgIpc) is 2.65. The molecule has 0 radical (unpaired) electrons. The van der Waals surface area contributed by atoms with E-state index in [9.17, 15) is 13.2 Å². The first kappa shape index (κ1) is 19.0. The van der Waals surface area contributed by atoms with E-state index in [2.05, 4.69) is 6.92 Å². The summed E-state index contributed by atoms with van der Waals surface area (Å²) in [5.74, 6) is -2.32. The van der Waals surface area contributed by atoms with Gasteiger partial charge in [-0.3, -0.25) is 0 Å². The van der Waals surface area contributed by atoms with Gasteiger partial charge in [-0.15, -0.1) is 0 Å². The molecule has 2 aromatic carbocycles. The Morgan fingerprint density at radius 1 is 1.04 bits per heavy atom. The van der Waals surface area contributed by atoms with Crippen molar-refractivity contribution in [3.8, 4) is 11.1 Å². The lowest BCUT2D eigenvalue weighted by Crippen LogP contribution is -2.25. The maximum absolute atomic E-state index is 14.7. The van der Waals surface area contributed by atoms with Crippen molar-refractivity contribution in [2.75, 3.05) is 6.61 Å². The Kier molecular flexibility index (Phi) is 6.02. The molecule has 0 aromatic heterocycles. The summed E-state index contributed by atoms with van der Waals surface area (Å²) in [6, 6.07) is 7.58. The van der Waals surface area contributed by atoms with Crippen LogP contribution in [0.2, 0.25) is 0 Å². The third-order valence-corrected chi connectivity index (χ3v) is 5.28. The van der Waals surface area contributed by atoms with E-state index >= 15 is 0 Å². The molecule has 1 fully saturated rings. The molecule has 2 aromatic rings. The third kappa shape index (κ3) is 3.96. The van der Waals surface area contributed by atoms with Crippen LogP contribution in [0.5, 0.6) is 0 Å². The zero-order valence-corrected chi connectivity index (χ0v) is 15.3. The number of ether oxygens (including phenoxy) is 1. The van der Waals surface area contributed by atoms with E-state index in [4.69, 9.17) is 4.74 Å². The maximum atomic E-state index is 14.7. The number of benzene rings is 2. The van der Waals surface area contributed by atoms with Gasteiger partial charge in [-0.25, -0.2) is 13.2 Å². The van der Waals surface area contributed by atoms with Crippen molar-refractivity contribution in [2.24, 2.45) is 0 Å². The van der Waals surface area contributed by atoms with Gasteiger partial charge in [0.2, 0.25) is 0 Å². The van der Waals surface area contributed by atoms with Crippen molar-refractivity contribution in [3.05, 3.63) is 58.9 Å². The highest BCUT2D eigenvalue weighted by Crippen LogP contribution is 2.35. The fourth-order valence-electron chi connectivity index (χ4n) is 3.57. The summed E-state index contributed by atoms with van der Waals surface area (Å²) in [7, 11) is 0. The highest BCUT2D eigenvalue weighted by molar-refractivity contribution is 5.65. The zero-order chi connectivity index (χ0) is 18.7. The minimum Gasteiger partial charge on any atom is -0.378 e. The van der Waals surface area contributed by atoms with Crippen molar-refractivity contribution in [2.45, 2.75) is 58.0 Å². The van der Waals surface area contributed by atoms with E-state index in [1.54, 1.807) is 31.2 Å². The van der Waals surface area contributed by atoms with Crippen LogP contribution in [-0.4, -0.2) is 12.7 Å². The van der Waals surface area contributed by atoms with E-state index in [-0.39, 0.29) is 17.6 Å². The summed E-state index contributed by atoms with van der Waals surface area (Å²) >= 11 is 0. The number of unbranched alkanes of at least 4 members (excludes halogenated alkanes) is 1. The minimum absolute atomic E-state index is 0.0858. The SMILES string of the molecule is CCCCC1CCC(c2ccc(-c3ccc(C)c(F)c3)c(F)c2F)CO1. The van der Waals surface area contributed by atoms with E-state index in [0.29, 0.717) is 23.3 Å². The number of hydrogen-bond donors (Lipinski definition) is 0. The van der Waals surface area contributed by atoms with Crippen molar-refractivity contribution in [3.63, 3.8) is 0 Å². The molecule has 0 saturated carbocycles. The van der Waals surface area contributed by atoms with Crippen molar-refractivity contribution in [1.29, 1.82) is 0 Å². The Morgan fingerprint density at radius 2 is 1.85 bits per heavy atom. The summed E-state index contributed by atoms with van der Waals surface area (Å²) < 4.78 is 48.9. The van der Waals surface area contributed by atoms with Crippen LogP contribution in [0.3, 0.4) is 0 Å². The van der Waals surface area contributed by atoms with Gasteiger partial charge in [0.15, 0.2) is 11.6 Å². The van der Waals surface area contributed by atoms with E-state index in [0.717, 1.165) is 32.1 Å². The second kappa shape index (κ2) is 8.26. The molecule has 1 saturated heterocycles. The smallest absolute Gasteiger partial charge is 0.166 e. The van der Waals surface area contributed by atoms with Gasteiger partial charge >= 0.3 is 0 Å². The van der Waals surface area contributed by atoms with Crippen LogP contribution in [0.15, 0.2) is 30.3 Å². The van der Waals surface area contributed by atoms with Crippen LogP contribution in [0.1, 0.15) is 56.1 Å². The van der Waals surface area contributed by atoms with Gasteiger partial charge < -0.3 is 4.74 Å². The topological polar surface area (TPSA) is 9.23 Å². The molecule has 1 aliphatic rings. The predicted octanol–water partition coefficient (Wildman–Crippen LogP) is 6.53. The molecular formula is C22H25F3O. The fourth-order valence-corrected chi connectivity index (χ4v) is 3.57. The molecule has 140 valence electrons. The lowest BCUT2D eigenvalue weighted by atomic mass is 9.88. The maximum Gasteiger partial charge on any atom is 0.166 e. The van der Waals surface area contributed by atoms with Gasteiger partial charge in [0.05, 0.1) is 12.7 Å². The number of hydrogen-bond acceptors (Lipinski definition) is 1. The molecule has 26 heavy (non-hydrogen) atoms. The van der Waals surface area contributed by atoms with Crippen LogP contribution < -0.4 is 0 Å². The van der Waals surface area contributed by atoms with Crippen molar-refractivity contribution >= 4 is 0 Å². The van der Waals surface area contributed by atoms with Crippen LogP contribution >= 0.6 is 0 Å². The molecule has 0 bridgehead atoms. The van der Waals surface area contributed by atoms with Crippen LogP contribution in [0, 0.1) is 24.4 Å².